The first-order valence-corrected chi connectivity index (χ1v) is 8.74. The molecule has 0 bridgehead atoms. The molecule has 25 heavy (non-hydrogen) atoms. The number of carbonyl (C=O) groups is 1. The van der Waals surface area contributed by atoms with Gasteiger partial charge in [0.2, 0.25) is 5.91 Å². The van der Waals surface area contributed by atoms with Gasteiger partial charge >= 0.3 is 0 Å². The van der Waals surface area contributed by atoms with Crippen LogP contribution in [0, 0.1) is 0 Å². The standard InChI is InChI=1S/C20H25N3O2/c1-22-13-15-23(16-14-22)20(24)11-12-21-18-9-5-6-10-19(18)25-17-7-3-2-4-8-17/h2-10,21H,11-16H2,1H3. The smallest absolute Gasteiger partial charge is 0.224 e. The molecule has 1 aliphatic rings. The fourth-order valence-corrected chi connectivity index (χ4v) is 2.84. The third-order valence-corrected chi connectivity index (χ3v) is 4.37. The zero-order valence-corrected chi connectivity index (χ0v) is 14.6. The van der Waals surface area contributed by atoms with Crippen molar-refractivity contribution in [1.29, 1.82) is 0 Å². The lowest BCUT2D eigenvalue weighted by atomic mass is 10.2. The fourth-order valence-electron chi connectivity index (χ4n) is 2.84. The largest absolute Gasteiger partial charge is 0.455 e. The Labute approximate surface area is 149 Å². The summed E-state index contributed by atoms with van der Waals surface area (Å²) in [6.45, 7) is 4.15. The Balaban J connectivity index is 1.52. The van der Waals surface area contributed by atoms with Gasteiger partial charge in [0, 0.05) is 39.1 Å². The molecule has 5 nitrogen and oxygen atoms in total. The molecule has 0 aromatic heterocycles. The zero-order valence-electron chi connectivity index (χ0n) is 14.6. The Bertz CT molecular complexity index is 682. The maximum absolute atomic E-state index is 12.3. The number of amides is 1. The van der Waals surface area contributed by atoms with Crippen LogP contribution in [0.1, 0.15) is 6.42 Å². The normalized spacial score (nSPS) is 15.0. The monoisotopic (exact) mass is 339 g/mol. The van der Waals surface area contributed by atoms with Crippen LogP contribution in [0.5, 0.6) is 11.5 Å². The van der Waals surface area contributed by atoms with Gasteiger partial charge in [0.15, 0.2) is 5.75 Å². The van der Waals surface area contributed by atoms with Crippen LogP contribution in [-0.2, 0) is 4.79 Å². The van der Waals surface area contributed by atoms with E-state index in [-0.39, 0.29) is 5.91 Å². The number of hydrogen-bond donors (Lipinski definition) is 1. The van der Waals surface area contributed by atoms with E-state index >= 15 is 0 Å². The lowest BCUT2D eigenvalue weighted by molar-refractivity contribution is -0.132. The van der Waals surface area contributed by atoms with E-state index in [1.165, 1.54) is 0 Å². The Morgan fingerprint density at radius 2 is 1.68 bits per heavy atom. The van der Waals surface area contributed by atoms with E-state index in [1.54, 1.807) is 0 Å². The number of piperazine rings is 1. The Morgan fingerprint density at radius 1 is 1.00 bits per heavy atom. The third kappa shape index (κ3) is 4.97. The Morgan fingerprint density at radius 3 is 2.44 bits per heavy atom. The first-order valence-electron chi connectivity index (χ1n) is 8.74. The first kappa shape index (κ1) is 17.3. The topological polar surface area (TPSA) is 44.8 Å². The second-order valence-corrected chi connectivity index (χ2v) is 6.27. The molecule has 0 saturated carbocycles. The number of nitrogens with one attached hydrogen (secondary N) is 1. The molecule has 0 radical (unpaired) electrons. The maximum atomic E-state index is 12.3. The highest BCUT2D eigenvalue weighted by Gasteiger charge is 2.18. The van der Waals surface area contributed by atoms with Crippen LogP contribution >= 0.6 is 0 Å². The number of benzene rings is 2. The van der Waals surface area contributed by atoms with E-state index in [2.05, 4.69) is 17.3 Å². The van der Waals surface area contributed by atoms with Gasteiger partial charge in [0.05, 0.1) is 5.69 Å². The minimum absolute atomic E-state index is 0.210. The Hall–Kier alpha value is -2.53. The van der Waals surface area contributed by atoms with Gasteiger partial charge in [-0.15, -0.1) is 0 Å². The number of ether oxygens (including phenoxy) is 1. The van der Waals surface area contributed by atoms with Gasteiger partial charge in [-0.25, -0.2) is 0 Å². The van der Waals surface area contributed by atoms with Crippen molar-refractivity contribution in [1.82, 2.24) is 9.80 Å². The number of anilines is 1. The molecule has 3 rings (SSSR count). The highest BCUT2D eigenvalue weighted by atomic mass is 16.5. The molecular weight excluding hydrogens is 314 g/mol. The lowest BCUT2D eigenvalue weighted by Crippen LogP contribution is -2.47. The second-order valence-electron chi connectivity index (χ2n) is 6.27. The molecule has 132 valence electrons. The number of nitrogens with zero attached hydrogens (tertiary/aromatic N) is 2. The van der Waals surface area contributed by atoms with Crippen molar-refractivity contribution in [3.05, 3.63) is 54.6 Å². The Kier molecular flexibility index (Phi) is 5.90. The van der Waals surface area contributed by atoms with E-state index < -0.39 is 0 Å². The first-order chi connectivity index (χ1) is 12.2. The molecule has 5 heteroatoms. The molecule has 1 saturated heterocycles. The van der Waals surface area contributed by atoms with Crippen LogP contribution in [0.3, 0.4) is 0 Å². The summed E-state index contributed by atoms with van der Waals surface area (Å²) in [6, 6.07) is 17.5. The molecule has 1 fully saturated rings. The summed E-state index contributed by atoms with van der Waals surface area (Å²) < 4.78 is 5.93. The molecule has 1 amide bonds. The molecule has 1 heterocycles. The van der Waals surface area contributed by atoms with Gasteiger partial charge in [0.25, 0.3) is 0 Å². The van der Waals surface area contributed by atoms with Crippen molar-refractivity contribution in [3.8, 4) is 11.5 Å². The van der Waals surface area contributed by atoms with Crippen LogP contribution < -0.4 is 10.1 Å². The van der Waals surface area contributed by atoms with Gasteiger partial charge < -0.3 is 19.9 Å². The SMILES string of the molecule is CN1CCN(C(=O)CCNc2ccccc2Oc2ccccc2)CC1. The van der Waals surface area contributed by atoms with Crippen molar-refractivity contribution < 1.29 is 9.53 Å². The van der Waals surface area contributed by atoms with E-state index in [9.17, 15) is 4.79 Å². The molecule has 0 aliphatic carbocycles. The molecule has 1 aliphatic heterocycles. The van der Waals surface area contributed by atoms with Crippen molar-refractivity contribution in [2.75, 3.05) is 45.1 Å². The predicted molar refractivity (Wildman–Crippen MR) is 100 cm³/mol. The van der Waals surface area contributed by atoms with E-state index in [1.807, 2.05) is 59.5 Å². The van der Waals surface area contributed by atoms with Crippen molar-refractivity contribution in [2.45, 2.75) is 6.42 Å². The number of hydrogen-bond acceptors (Lipinski definition) is 4. The van der Waals surface area contributed by atoms with Gasteiger partial charge in [0.1, 0.15) is 5.75 Å². The molecule has 2 aromatic rings. The molecule has 0 unspecified atom stereocenters. The molecule has 0 spiro atoms. The summed E-state index contributed by atoms with van der Waals surface area (Å²) in [4.78, 5) is 16.5. The summed E-state index contributed by atoms with van der Waals surface area (Å²) in [6.07, 6.45) is 0.489. The maximum Gasteiger partial charge on any atom is 0.224 e. The van der Waals surface area contributed by atoms with E-state index in [0.717, 1.165) is 43.4 Å². The van der Waals surface area contributed by atoms with Crippen LogP contribution in [0.25, 0.3) is 0 Å². The highest BCUT2D eigenvalue weighted by Crippen LogP contribution is 2.28. The summed E-state index contributed by atoms with van der Waals surface area (Å²) in [7, 11) is 2.09. The number of carbonyl (C=O) groups excluding carboxylic acids is 1. The lowest BCUT2D eigenvalue weighted by Gasteiger charge is -2.32. The summed E-state index contributed by atoms with van der Waals surface area (Å²) in [5.74, 6) is 1.77. The molecular formula is C20H25N3O2. The minimum Gasteiger partial charge on any atom is -0.455 e. The van der Waals surface area contributed by atoms with Gasteiger partial charge in [-0.05, 0) is 31.3 Å². The van der Waals surface area contributed by atoms with Crippen LogP contribution in [0.2, 0.25) is 0 Å². The predicted octanol–water partition coefficient (Wildman–Crippen LogP) is 3.05. The molecule has 2 aromatic carbocycles. The summed E-state index contributed by atoms with van der Waals surface area (Å²) in [5, 5.41) is 3.33. The number of rotatable bonds is 6. The van der Waals surface area contributed by atoms with Crippen LogP contribution in [-0.4, -0.2) is 55.5 Å². The van der Waals surface area contributed by atoms with E-state index in [0.29, 0.717) is 13.0 Å². The third-order valence-electron chi connectivity index (χ3n) is 4.37. The van der Waals surface area contributed by atoms with Crippen molar-refractivity contribution in [2.24, 2.45) is 0 Å². The average Bonchev–Trinajstić information content (AvgIpc) is 2.64. The van der Waals surface area contributed by atoms with Crippen LogP contribution in [0.4, 0.5) is 5.69 Å². The van der Waals surface area contributed by atoms with Gasteiger partial charge in [-0.1, -0.05) is 30.3 Å². The zero-order chi connectivity index (χ0) is 17.5. The van der Waals surface area contributed by atoms with E-state index in [4.69, 9.17) is 4.74 Å². The summed E-state index contributed by atoms with van der Waals surface area (Å²) in [5.41, 5.74) is 0.900. The van der Waals surface area contributed by atoms with Crippen molar-refractivity contribution in [3.63, 3.8) is 0 Å². The van der Waals surface area contributed by atoms with Gasteiger partial charge in [-0.3, -0.25) is 4.79 Å². The molecule has 1 N–H and O–H groups in total. The summed E-state index contributed by atoms with van der Waals surface area (Å²) >= 11 is 0. The minimum atomic E-state index is 0.210. The average molecular weight is 339 g/mol. The van der Waals surface area contributed by atoms with Gasteiger partial charge in [-0.2, -0.15) is 0 Å². The number of likely N-dealkylation sites (N-methyl/N-ethyl adjacent to an activating group) is 1. The number of para-hydroxylation sites is 3. The quantitative estimate of drug-likeness (QED) is 0.878. The van der Waals surface area contributed by atoms with Crippen LogP contribution in [0.15, 0.2) is 54.6 Å². The second kappa shape index (κ2) is 8.53. The fraction of sp³-hybridized carbons (Fsp3) is 0.350. The highest BCUT2D eigenvalue weighted by molar-refractivity contribution is 5.77. The van der Waals surface area contributed by atoms with Crippen molar-refractivity contribution >= 4 is 11.6 Å². The molecule has 0 atom stereocenters.